The number of hydrogen-bond acceptors (Lipinski definition) is 3. The van der Waals surface area contributed by atoms with E-state index in [1.807, 2.05) is 42.1 Å². The summed E-state index contributed by atoms with van der Waals surface area (Å²) in [7, 11) is 0. The number of carboxylic acid groups (broad SMARTS) is 1. The molecular formula is C15H20N2O3S. The standard InChI is InChI=1S/C15H20N2O3S/c18-14(19)13(8-11-4-2-1-3-5-11)17-15(20)16-9-12-6-7-21-10-12/h1-5,12-13H,6-10H2,(H,18,19)(H2,16,17,20)/t12?,13-/m0/s1. The summed E-state index contributed by atoms with van der Waals surface area (Å²) in [5.74, 6) is 1.68. The smallest absolute Gasteiger partial charge is 0.326 e. The van der Waals surface area contributed by atoms with Gasteiger partial charge in [0.25, 0.3) is 0 Å². The summed E-state index contributed by atoms with van der Waals surface area (Å²) >= 11 is 1.89. The third-order valence-corrected chi connectivity index (χ3v) is 4.69. The third-order valence-electron chi connectivity index (χ3n) is 3.46. The molecular weight excluding hydrogens is 288 g/mol. The molecule has 2 rings (SSSR count). The van der Waals surface area contributed by atoms with E-state index < -0.39 is 18.0 Å². The molecule has 1 fully saturated rings. The quantitative estimate of drug-likeness (QED) is 0.748. The van der Waals surface area contributed by atoms with Crippen molar-refractivity contribution < 1.29 is 14.7 Å². The molecule has 0 aliphatic carbocycles. The number of amides is 2. The highest BCUT2D eigenvalue weighted by molar-refractivity contribution is 7.99. The highest BCUT2D eigenvalue weighted by Gasteiger charge is 2.21. The molecule has 6 heteroatoms. The summed E-state index contributed by atoms with van der Waals surface area (Å²) in [6.45, 7) is 0.608. The SMILES string of the molecule is O=C(NCC1CCSC1)N[C@@H](Cc1ccccc1)C(=O)O. The van der Waals surface area contributed by atoms with Gasteiger partial charge in [-0.1, -0.05) is 30.3 Å². The maximum absolute atomic E-state index is 11.8. The van der Waals surface area contributed by atoms with Gasteiger partial charge < -0.3 is 15.7 Å². The first kappa shape index (κ1) is 15.7. The maximum atomic E-state index is 11.8. The molecule has 3 N–H and O–H groups in total. The second kappa shape index (κ2) is 7.93. The fourth-order valence-electron chi connectivity index (χ4n) is 2.24. The number of aliphatic carboxylic acids is 1. The fraction of sp³-hybridized carbons (Fsp3) is 0.467. The first-order chi connectivity index (χ1) is 10.1. The number of nitrogens with one attached hydrogen (secondary N) is 2. The van der Waals surface area contributed by atoms with E-state index in [0.29, 0.717) is 12.5 Å². The van der Waals surface area contributed by atoms with Crippen molar-refractivity contribution in [3.63, 3.8) is 0 Å². The summed E-state index contributed by atoms with van der Waals surface area (Å²) in [5.41, 5.74) is 0.886. The van der Waals surface area contributed by atoms with Gasteiger partial charge in [-0.05, 0) is 29.4 Å². The largest absolute Gasteiger partial charge is 0.480 e. The van der Waals surface area contributed by atoms with Crippen LogP contribution in [-0.4, -0.2) is 41.2 Å². The number of carboxylic acids is 1. The Balaban J connectivity index is 1.81. The van der Waals surface area contributed by atoms with Crippen LogP contribution in [0.3, 0.4) is 0 Å². The first-order valence-electron chi connectivity index (χ1n) is 7.04. The molecule has 1 aliphatic rings. The van der Waals surface area contributed by atoms with E-state index in [2.05, 4.69) is 10.6 Å². The molecule has 5 nitrogen and oxygen atoms in total. The minimum absolute atomic E-state index is 0.281. The molecule has 114 valence electrons. The predicted molar refractivity (Wildman–Crippen MR) is 83.5 cm³/mol. The Morgan fingerprint density at radius 3 is 2.71 bits per heavy atom. The van der Waals surface area contributed by atoms with E-state index in [1.54, 1.807) is 0 Å². The molecule has 0 bridgehead atoms. The van der Waals surface area contributed by atoms with Crippen molar-refractivity contribution in [2.45, 2.75) is 18.9 Å². The highest BCUT2D eigenvalue weighted by Crippen LogP contribution is 2.22. The van der Waals surface area contributed by atoms with Gasteiger partial charge in [-0.2, -0.15) is 11.8 Å². The van der Waals surface area contributed by atoms with Crippen molar-refractivity contribution in [3.05, 3.63) is 35.9 Å². The second-order valence-electron chi connectivity index (χ2n) is 5.16. The Kier molecular flexibility index (Phi) is 5.92. The van der Waals surface area contributed by atoms with E-state index in [0.717, 1.165) is 23.5 Å². The topological polar surface area (TPSA) is 78.4 Å². The molecule has 1 unspecified atom stereocenters. The minimum atomic E-state index is -1.02. The number of rotatable bonds is 6. The second-order valence-corrected chi connectivity index (χ2v) is 6.31. The predicted octanol–water partition coefficient (Wildman–Crippen LogP) is 1.73. The Hall–Kier alpha value is -1.69. The summed E-state index contributed by atoms with van der Waals surface area (Å²) in [4.78, 5) is 23.1. The number of carbonyl (C=O) groups excluding carboxylic acids is 1. The number of benzene rings is 1. The van der Waals surface area contributed by atoms with Crippen molar-refractivity contribution in [3.8, 4) is 0 Å². The number of hydrogen-bond donors (Lipinski definition) is 3. The van der Waals surface area contributed by atoms with Crippen molar-refractivity contribution in [1.29, 1.82) is 0 Å². The molecule has 0 spiro atoms. The average molecular weight is 308 g/mol. The van der Waals surface area contributed by atoms with E-state index in [-0.39, 0.29) is 6.42 Å². The molecule has 2 atom stereocenters. The van der Waals surface area contributed by atoms with Crippen LogP contribution in [0.4, 0.5) is 4.79 Å². The summed E-state index contributed by atoms with van der Waals surface area (Å²) in [6, 6.07) is 7.97. The van der Waals surface area contributed by atoms with Crippen molar-refractivity contribution >= 4 is 23.8 Å². The Labute approximate surface area is 128 Å². The molecule has 21 heavy (non-hydrogen) atoms. The van der Waals surface area contributed by atoms with Crippen molar-refractivity contribution in [2.24, 2.45) is 5.92 Å². The van der Waals surface area contributed by atoms with Crippen LogP contribution in [0.2, 0.25) is 0 Å². The summed E-state index contributed by atoms with van der Waals surface area (Å²) in [6.07, 6.45) is 1.39. The van der Waals surface area contributed by atoms with E-state index in [4.69, 9.17) is 0 Å². The zero-order chi connectivity index (χ0) is 15.1. The lowest BCUT2D eigenvalue weighted by atomic mass is 10.1. The van der Waals surface area contributed by atoms with Crippen LogP contribution < -0.4 is 10.6 Å². The van der Waals surface area contributed by atoms with Crippen LogP contribution in [0.15, 0.2) is 30.3 Å². The molecule has 1 aromatic rings. The molecule has 1 aliphatic heterocycles. The Morgan fingerprint density at radius 1 is 1.33 bits per heavy atom. The zero-order valence-electron chi connectivity index (χ0n) is 11.7. The molecule has 1 heterocycles. The van der Waals surface area contributed by atoms with Crippen LogP contribution >= 0.6 is 11.8 Å². The van der Waals surface area contributed by atoms with Gasteiger partial charge in [-0.25, -0.2) is 9.59 Å². The summed E-state index contributed by atoms with van der Waals surface area (Å²) in [5, 5.41) is 14.5. The van der Waals surface area contributed by atoms with E-state index in [9.17, 15) is 14.7 Å². The van der Waals surface area contributed by atoms with E-state index in [1.165, 1.54) is 0 Å². The van der Waals surface area contributed by atoms with Gasteiger partial charge in [0, 0.05) is 13.0 Å². The van der Waals surface area contributed by atoms with Crippen LogP contribution in [0.5, 0.6) is 0 Å². The number of thioether (sulfide) groups is 1. The maximum Gasteiger partial charge on any atom is 0.326 e. The summed E-state index contributed by atoms with van der Waals surface area (Å²) < 4.78 is 0. The van der Waals surface area contributed by atoms with Crippen molar-refractivity contribution in [2.75, 3.05) is 18.1 Å². The minimum Gasteiger partial charge on any atom is -0.480 e. The van der Waals surface area contributed by atoms with Gasteiger partial charge in [0.05, 0.1) is 0 Å². The monoisotopic (exact) mass is 308 g/mol. The Morgan fingerprint density at radius 2 is 2.10 bits per heavy atom. The lowest BCUT2D eigenvalue weighted by Crippen LogP contribution is -2.48. The van der Waals surface area contributed by atoms with Gasteiger partial charge >= 0.3 is 12.0 Å². The van der Waals surface area contributed by atoms with Gasteiger partial charge in [0.1, 0.15) is 6.04 Å². The fourth-order valence-corrected chi connectivity index (χ4v) is 3.53. The number of urea groups is 1. The van der Waals surface area contributed by atoms with E-state index >= 15 is 0 Å². The molecule has 0 saturated carbocycles. The first-order valence-corrected chi connectivity index (χ1v) is 8.19. The number of carbonyl (C=O) groups is 2. The van der Waals surface area contributed by atoms with Crippen LogP contribution in [0.1, 0.15) is 12.0 Å². The van der Waals surface area contributed by atoms with Crippen LogP contribution in [-0.2, 0) is 11.2 Å². The van der Waals surface area contributed by atoms with Crippen LogP contribution in [0.25, 0.3) is 0 Å². The molecule has 1 aromatic carbocycles. The average Bonchev–Trinajstić information content (AvgIpc) is 2.99. The molecule has 0 aromatic heterocycles. The third kappa shape index (κ3) is 5.30. The lowest BCUT2D eigenvalue weighted by molar-refractivity contribution is -0.139. The van der Waals surface area contributed by atoms with Crippen LogP contribution in [0, 0.1) is 5.92 Å². The van der Waals surface area contributed by atoms with Gasteiger partial charge in [0.2, 0.25) is 0 Å². The normalized spacial score (nSPS) is 19.0. The van der Waals surface area contributed by atoms with Crippen molar-refractivity contribution in [1.82, 2.24) is 10.6 Å². The Bertz CT molecular complexity index is 475. The van der Waals surface area contributed by atoms with Gasteiger partial charge in [-0.15, -0.1) is 0 Å². The van der Waals surface area contributed by atoms with Gasteiger partial charge in [-0.3, -0.25) is 0 Å². The molecule has 0 radical (unpaired) electrons. The lowest BCUT2D eigenvalue weighted by Gasteiger charge is -2.16. The molecule has 2 amide bonds. The highest BCUT2D eigenvalue weighted by atomic mass is 32.2. The zero-order valence-corrected chi connectivity index (χ0v) is 12.6. The molecule has 1 saturated heterocycles. The van der Waals surface area contributed by atoms with Gasteiger partial charge in [0.15, 0.2) is 0 Å².